The van der Waals surface area contributed by atoms with E-state index in [1.165, 1.54) is 0 Å². The van der Waals surface area contributed by atoms with Crippen LogP contribution in [-0.2, 0) is 28.8 Å². The molecule has 0 heterocycles. The molecule has 0 spiro atoms. The van der Waals surface area contributed by atoms with E-state index in [1.807, 2.05) is 0 Å². The molecule has 4 amide bonds. The molecule has 188 valence electrons. The van der Waals surface area contributed by atoms with Gasteiger partial charge in [-0.25, -0.2) is 4.79 Å². The van der Waals surface area contributed by atoms with E-state index < -0.39 is 79.0 Å². The highest BCUT2D eigenvalue weighted by atomic mass is 32.1. The van der Waals surface area contributed by atoms with Crippen molar-refractivity contribution in [3.05, 3.63) is 0 Å². The summed E-state index contributed by atoms with van der Waals surface area (Å²) in [7, 11) is 0. The number of nitrogens with one attached hydrogen (secondary N) is 3. The minimum Gasteiger partial charge on any atom is -0.481 e. The molecule has 4 unspecified atom stereocenters. The minimum absolute atomic E-state index is 0.0165. The molecule has 15 heteroatoms. The first kappa shape index (κ1) is 30.1. The number of carbonyl (C=O) groups is 6. The summed E-state index contributed by atoms with van der Waals surface area (Å²) in [5, 5.41) is 24.7. The molecule has 0 aromatic rings. The molecule has 0 radical (unpaired) electrons. The van der Waals surface area contributed by atoms with Crippen molar-refractivity contribution in [2.45, 2.75) is 62.7 Å². The van der Waals surface area contributed by atoms with Crippen LogP contribution in [0.15, 0.2) is 0 Å². The Bertz CT molecular complexity index is 722. The van der Waals surface area contributed by atoms with Gasteiger partial charge in [0.25, 0.3) is 0 Å². The lowest BCUT2D eigenvalue weighted by molar-refractivity contribution is -0.143. The van der Waals surface area contributed by atoms with E-state index >= 15 is 0 Å². The minimum atomic E-state index is -1.57. The number of unbranched alkanes of at least 4 members (excludes halogenated alkanes) is 1. The zero-order chi connectivity index (χ0) is 25.6. The van der Waals surface area contributed by atoms with E-state index in [1.54, 1.807) is 0 Å². The van der Waals surface area contributed by atoms with Gasteiger partial charge in [-0.05, 0) is 32.2 Å². The smallest absolute Gasteiger partial charge is 0.326 e. The molecule has 0 aromatic carbocycles. The fraction of sp³-hybridized carbons (Fsp3) is 0.667. The van der Waals surface area contributed by atoms with Crippen LogP contribution in [-0.4, -0.2) is 82.2 Å². The van der Waals surface area contributed by atoms with Crippen molar-refractivity contribution in [2.24, 2.45) is 17.2 Å². The van der Waals surface area contributed by atoms with E-state index in [-0.39, 0.29) is 12.2 Å². The van der Waals surface area contributed by atoms with Crippen molar-refractivity contribution in [2.75, 3.05) is 12.3 Å². The third kappa shape index (κ3) is 12.6. The Balaban J connectivity index is 5.47. The predicted octanol–water partition coefficient (Wildman–Crippen LogP) is -3.35. The summed E-state index contributed by atoms with van der Waals surface area (Å²) < 4.78 is 0. The third-order valence-electron chi connectivity index (χ3n) is 4.41. The number of hydrogen-bond acceptors (Lipinski definition) is 9. The summed E-state index contributed by atoms with van der Waals surface area (Å²) in [4.78, 5) is 70.9. The molecule has 33 heavy (non-hydrogen) atoms. The van der Waals surface area contributed by atoms with Crippen molar-refractivity contribution < 1.29 is 39.0 Å². The van der Waals surface area contributed by atoms with E-state index in [2.05, 4.69) is 28.6 Å². The summed E-state index contributed by atoms with van der Waals surface area (Å²) in [6, 6.07) is -5.25. The average Bonchev–Trinajstić information content (AvgIpc) is 2.73. The standard InChI is InChI=1S/C18H32N6O8S/c19-6-2-1-3-10(22-15(28)9(20)8-33)16(29)24-12(7-13(21)25)17(30)23-11(18(31)32)4-5-14(26)27/h9-12,33H,1-8,19-20H2,(H2,21,25)(H,22,28)(H,23,30)(H,24,29)(H,26,27)(H,31,32). The first-order valence-electron chi connectivity index (χ1n) is 10.1. The Morgan fingerprint density at radius 1 is 0.818 bits per heavy atom. The van der Waals surface area contributed by atoms with Gasteiger partial charge in [-0.2, -0.15) is 12.6 Å². The van der Waals surface area contributed by atoms with Crippen LogP contribution in [0.25, 0.3) is 0 Å². The van der Waals surface area contributed by atoms with E-state index in [9.17, 15) is 33.9 Å². The van der Waals surface area contributed by atoms with Gasteiger partial charge < -0.3 is 43.4 Å². The van der Waals surface area contributed by atoms with Gasteiger partial charge in [-0.3, -0.25) is 24.0 Å². The van der Waals surface area contributed by atoms with Crippen molar-refractivity contribution in [1.82, 2.24) is 16.0 Å². The van der Waals surface area contributed by atoms with Crippen LogP contribution < -0.4 is 33.2 Å². The first-order valence-corrected chi connectivity index (χ1v) is 10.8. The van der Waals surface area contributed by atoms with Gasteiger partial charge in [0.1, 0.15) is 18.1 Å². The van der Waals surface area contributed by atoms with E-state index in [4.69, 9.17) is 22.3 Å². The molecule has 0 aliphatic rings. The lowest BCUT2D eigenvalue weighted by Gasteiger charge is -2.24. The Hall–Kier alpha value is -2.91. The normalized spacial score (nSPS) is 14.3. The average molecular weight is 493 g/mol. The molecular formula is C18H32N6O8S. The Labute approximate surface area is 195 Å². The van der Waals surface area contributed by atoms with Crippen LogP contribution in [0.1, 0.15) is 38.5 Å². The number of rotatable bonds is 17. The van der Waals surface area contributed by atoms with Crippen LogP contribution in [0.4, 0.5) is 0 Å². The third-order valence-corrected chi connectivity index (χ3v) is 4.81. The number of nitrogens with two attached hydrogens (primary N) is 3. The van der Waals surface area contributed by atoms with Gasteiger partial charge in [-0.15, -0.1) is 0 Å². The molecule has 11 N–H and O–H groups in total. The number of primary amides is 1. The second-order valence-corrected chi connectivity index (χ2v) is 7.56. The second-order valence-electron chi connectivity index (χ2n) is 7.20. The lowest BCUT2D eigenvalue weighted by Crippen LogP contribution is -2.57. The number of carboxylic acids is 2. The molecule has 0 fully saturated rings. The number of amides is 4. The molecule has 14 nitrogen and oxygen atoms in total. The molecule has 0 aliphatic carbocycles. The fourth-order valence-electron chi connectivity index (χ4n) is 2.60. The predicted molar refractivity (Wildman–Crippen MR) is 119 cm³/mol. The SMILES string of the molecule is NCCCCC(NC(=O)C(N)CS)C(=O)NC(CC(N)=O)C(=O)NC(CCC(=O)O)C(=O)O. The quantitative estimate of drug-likeness (QED) is 0.0719. The van der Waals surface area contributed by atoms with Crippen molar-refractivity contribution in [3.63, 3.8) is 0 Å². The summed E-state index contributed by atoms with van der Waals surface area (Å²) in [6.45, 7) is 0.345. The lowest BCUT2D eigenvalue weighted by atomic mass is 10.1. The van der Waals surface area contributed by atoms with Crippen molar-refractivity contribution >= 4 is 48.2 Å². The topological polar surface area (TPSA) is 257 Å². The van der Waals surface area contributed by atoms with Gasteiger partial charge in [0.15, 0.2) is 0 Å². The highest BCUT2D eigenvalue weighted by molar-refractivity contribution is 7.80. The molecular weight excluding hydrogens is 460 g/mol. The Kier molecular flexibility index (Phi) is 14.4. The number of carboxylic acid groups (broad SMARTS) is 2. The monoisotopic (exact) mass is 492 g/mol. The molecule has 0 saturated carbocycles. The molecule has 0 aliphatic heterocycles. The van der Waals surface area contributed by atoms with Crippen LogP contribution in [0.2, 0.25) is 0 Å². The van der Waals surface area contributed by atoms with Crippen LogP contribution in [0, 0.1) is 0 Å². The van der Waals surface area contributed by atoms with Gasteiger partial charge in [0.2, 0.25) is 23.6 Å². The van der Waals surface area contributed by atoms with Crippen LogP contribution in [0.3, 0.4) is 0 Å². The molecule has 0 saturated heterocycles. The summed E-state index contributed by atoms with van der Waals surface area (Å²) in [5.41, 5.74) is 16.2. The zero-order valence-corrected chi connectivity index (χ0v) is 18.9. The maximum absolute atomic E-state index is 12.8. The number of carbonyl (C=O) groups excluding carboxylic acids is 4. The number of hydrogen-bond donors (Lipinski definition) is 9. The Morgan fingerprint density at radius 3 is 1.85 bits per heavy atom. The second kappa shape index (κ2) is 15.8. The maximum atomic E-state index is 12.8. The molecule has 4 atom stereocenters. The molecule has 0 rings (SSSR count). The van der Waals surface area contributed by atoms with E-state index in [0.29, 0.717) is 19.4 Å². The highest BCUT2D eigenvalue weighted by Crippen LogP contribution is 2.05. The number of thiol groups is 1. The van der Waals surface area contributed by atoms with Gasteiger partial charge in [0.05, 0.1) is 12.5 Å². The van der Waals surface area contributed by atoms with Crippen LogP contribution >= 0.6 is 12.6 Å². The number of aliphatic carboxylic acids is 2. The largest absolute Gasteiger partial charge is 0.481 e. The van der Waals surface area contributed by atoms with Gasteiger partial charge in [-0.1, -0.05) is 0 Å². The van der Waals surface area contributed by atoms with Crippen LogP contribution in [0.5, 0.6) is 0 Å². The fourth-order valence-corrected chi connectivity index (χ4v) is 2.77. The molecule has 0 aromatic heterocycles. The molecule has 0 bridgehead atoms. The van der Waals surface area contributed by atoms with Crippen molar-refractivity contribution in [1.29, 1.82) is 0 Å². The van der Waals surface area contributed by atoms with Crippen molar-refractivity contribution in [3.8, 4) is 0 Å². The highest BCUT2D eigenvalue weighted by Gasteiger charge is 2.31. The summed E-state index contributed by atoms with van der Waals surface area (Å²) in [6.07, 6.45) is -0.475. The first-order chi connectivity index (χ1) is 15.4. The van der Waals surface area contributed by atoms with Gasteiger partial charge in [0, 0.05) is 12.2 Å². The maximum Gasteiger partial charge on any atom is 0.326 e. The zero-order valence-electron chi connectivity index (χ0n) is 18.0. The summed E-state index contributed by atoms with van der Waals surface area (Å²) >= 11 is 3.92. The van der Waals surface area contributed by atoms with E-state index in [0.717, 1.165) is 0 Å². The van der Waals surface area contributed by atoms with Gasteiger partial charge >= 0.3 is 11.9 Å². The summed E-state index contributed by atoms with van der Waals surface area (Å²) in [5.74, 6) is -6.26. The Morgan fingerprint density at radius 2 is 1.36 bits per heavy atom.